The maximum absolute atomic E-state index is 5.41. The molecule has 112 valence electrons. The van der Waals surface area contributed by atoms with Crippen LogP contribution in [0.25, 0.3) is 22.4 Å². The van der Waals surface area contributed by atoms with Gasteiger partial charge in [0, 0.05) is 5.56 Å². The molecule has 0 saturated carbocycles. The third-order valence-corrected chi connectivity index (χ3v) is 3.66. The van der Waals surface area contributed by atoms with Crippen molar-refractivity contribution in [1.82, 2.24) is 9.97 Å². The van der Waals surface area contributed by atoms with Crippen molar-refractivity contribution in [1.29, 1.82) is 0 Å². The van der Waals surface area contributed by atoms with E-state index in [1.807, 2.05) is 30.3 Å². The Bertz CT molecular complexity index is 816. The standard InChI is InChI=1S/C16H14N2O4/c1-19-11-5-6-12(20-2)15-14(11)17-16(18-15)9-3-4-10-13(7-9)22-8-21-10/h3-7H,8H2,1-2H3,(H,17,18). The van der Waals surface area contributed by atoms with Crippen LogP contribution in [0.3, 0.4) is 0 Å². The molecule has 1 aliphatic rings. The van der Waals surface area contributed by atoms with E-state index >= 15 is 0 Å². The van der Waals surface area contributed by atoms with Gasteiger partial charge in [0.1, 0.15) is 28.4 Å². The first-order valence-electron chi connectivity index (χ1n) is 6.81. The fraction of sp³-hybridized carbons (Fsp3) is 0.188. The molecule has 3 aromatic rings. The SMILES string of the molecule is COc1ccc(OC)c2[nH]c(-c3ccc4c(c3)OCO4)nc12. The molecular weight excluding hydrogens is 284 g/mol. The second kappa shape index (κ2) is 4.84. The molecule has 0 spiro atoms. The van der Waals surface area contributed by atoms with Gasteiger partial charge in [-0.15, -0.1) is 0 Å². The zero-order valence-corrected chi connectivity index (χ0v) is 12.2. The summed E-state index contributed by atoms with van der Waals surface area (Å²) >= 11 is 0. The van der Waals surface area contributed by atoms with Crippen LogP contribution in [0.5, 0.6) is 23.0 Å². The lowest BCUT2D eigenvalue weighted by atomic mass is 10.2. The quantitative estimate of drug-likeness (QED) is 0.805. The van der Waals surface area contributed by atoms with E-state index in [1.54, 1.807) is 14.2 Å². The number of nitrogens with zero attached hydrogens (tertiary/aromatic N) is 1. The molecule has 0 bridgehead atoms. The summed E-state index contributed by atoms with van der Waals surface area (Å²) in [6.45, 7) is 0.251. The van der Waals surface area contributed by atoms with E-state index in [2.05, 4.69) is 9.97 Å². The summed E-state index contributed by atoms with van der Waals surface area (Å²) in [5, 5.41) is 0. The lowest BCUT2D eigenvalue weighted by molar-refractivity contribution is 0.174. The molecule has 1 aromatic heterocycles. The number of fused-ring (bicyclic) bond motifs is 2. The van der Waals surface area contributed by atoms with Crippen LogP contribution in [0.2, 0.25) is 0 Å². The number of methoxy groups -OCH3 is 2. The van der Waals surface area contributed by atoms with Gasteiger partial charge in [0.25, 0.3) is 0 Å². The smallest absolute Gasteiger partial charge is 0.231 e. The highest BCUT2D eigenvalue weighted by molar-refractivity contribution is 5.90. The molecular formula is C16H14N2O4. The Morgan fingerprint density at radius 3 is 2.59 bits per heavy atom. The number of hydrogen-bond donors (Lipinski definition) is 1. The first kappa shape index (κ1) is 12.8. The molecule has 6 nitrogen and oxygen atoms in total. The van der Waals surface area contributed by atoms with Gasteiger partial charge in [0.05, 0.1) is 14.2 Å². The van der Waals surface area contributed by atoms with Crippen LogP contribution in [0.15, 0.2) is 30.3 Å². The fourth-order valence-corrected chi connectivity index (χ4v) is 2.56. The van der Waals surface area contributed by atoms with Gasteiger partial charge in [-0.25, -0.2) is 4.98 Å². The minimum Gasteiger partial charge on any atom is -0.494 e. The minimum atomic E-state index is 0.251. The van der Waals surface area contributed by atoms with Gasteiger partial charge in [-0.2, -0.15) is 0 Å². The fourth-order valence-electron chi connectivity index (χ4n) is 2.56. The van der Waals surface area contributed by atoms with E-state index in [-0.39, 0.29) is 6.79 Å². The number of benzene rings is 2. The van der Waals surface area contributed by atoms with Gasteiger partial charge in [0.2, 0.25) is 6.79 Å². The molecule has 2 heterocycles. The molecule has 0 atom stereocenters. The first-order valence-corrected chi connectivity index (χ1v) is 6.81. The molecule has 1 aliphatic heterocycles. The summed E-state index contributed by atoms with van der Waals surface area (Å²) in [5.74, 6) is 3.59. The van der Waals surface area contributed by atoms with Crippen molar-refractivity contribution < 1.29 is 18.9 Å². The molecule has 0 radical (unpaired) electrons. The van der Waals surface area contributed by atoms with Crippen molar-refractivity contribution in [3.05, 3.63) is 30.3 Å². The third-order valence-electron chi connectivity index (χ3n) is 3.66. The second-order valence-electron chi connectivity index (χ2n) is 4.85. The van der Waals surface area contributed by atoms with Crippen LogP contribution in [-0.2, 0) is 0 Å². The molecule has 6 heteroatoms. The molecule has 0 saturated heterocycles. The monoisotopic (exact) mass is 298 g/mol. The summed E-state index contributed by atoms with van der Waals surface area (Å²) in [7, 11) is 3.25. The van der Waals surface area contributed by atoms with Gasteiger partial charge >= 0.3 is 0 Å². The summed E-state index contributed by atoms with van der Waals surface area (Å²) in [6, 6.07) is 9.40. The number of ether oxygens (including phenoxy) is 4. The molecule has 0 aliphatic carbocycles. The summed E-state index contributed by atoms with van der Waals surface area (Å²) in [4.78, 5) is 7.92. The molecule has 2 aromatic carbocycles. The van der Waals surface area contributed by atoms with Crippen LogP contribution in [0.4, 0.5) is 0 Å². The minimum absolute atomic E-state index is 0.251. The first-order chi connectivity index (χ1) is 10.8. The number of H-pyrrole nitrogens is 1. The number of nitrogens with one attached hydrogen (secondary N) is 1. The maximum Gasteiger partial charge on any atom is 0.231 e. The van der Waals surface area contributed by atoms with Gasteiger partial charge < -0.3 is 23.9 Å². The van der Waals surface area contributed by atoms with Crippen molar-refractivity contribution in [2.24, 2.45) is 0 Å². The van der Waals surface area contributed by atoms with Gasteiger partial charge in [-0.3, -0.25) is 0 Å². The number of aromatic nitrogens is 2. The number of aromatic amines is 1. The van der Waals surface area contributed by atoms with E-state index in [0.29, 0.717) is 5.75 Å². The Labute approximate surface area is 126 Å². The Kier molecular flexibility index (Phi) is 2.82. The van der Waals surface area contributed by atoms with Crippen LogP contribution in [0, 0.1) is 0 Å². The van der Waals surface area contributed by atoms with Crippen LogP contribution >= 0.6 is 0 Å². The van der Waals surface area contributed by atoms with E-state index in [9.17, 15) is 0 Å². The van der Waals surface area contributed by atoms with Crippen molar-refractivity contribution in [3.63, 3.8) is 0 Å². The number of rotatable bonds is 3. The van der Waals surface area contributed by atoms with E-state index in [0.717, 1.165) is 39.7 Å². The van der Waals surface area contributed by atoms with Gasteiger partial charge in [-0.05, 0) is 30.3 Å². The highest BCUT2D eigenvalue weighted by Gasteiger charge is 2.17. The third kappa shape index (κ3) is 1.84. The summed E-state index contributed by atoms with van der Waals surface area (Å²) < 4.78 is 21.5. The molecule has 1 N–H and O–H groups in total. The Morgan fingerprint density at radius 1 is 1.00 bits per heavy atom. The largest absolute Gasteiger partial charge is 0.494 e. The lowest BCUT2D eigenvalue weighted by Gasteiger charge is -2.04. The molecule has 0 fully saturated rings. The average Bonchev–Trinajstić information content (AvgIpc) is 3.19. The van der Waals surface area contributed by atoms with Crippen molar-refractivity contribution >= 4 is 11.0 Å². The van der Waals surface area contributed by atoms with Gasteiger partial charge in [0.15, 0.2) is 11.5 Å². The molecule has 22 heavy (non-hydrogen) atoms. The maximum atomic E-state index is 5.41. The summed E-state index contributed by atoms with van der Waals surface area (Å²) in [5.41, 5.74) is 2.44. The predicted octanol–water partition coefficient (Wildman–Crippen LogP) is 2.98. The lowest BCUT2D eigenvalue weighted by Crippen LogP contribution is -1.92. The summed E-state index contributed by atoms with van der Waals surface area (Å²) in [6.07, 6.45) is 0. The van der Waals surface area contributed by atoms with Gasteiger partial charge in [-0.1, -0.05) is 0 Å². The zero-order valence-electron chi connectivity index (χ0n) is 12.2. The Balaban J connectivity index is 1.89. The number of imidazole rings is 1. The Morgan fingerprint density at radius 2 is 1.77 bits per heavy atom. The average molecular weight is 298 g/mol. The molecule has 0 unspecified atom stereocenters. The second-order valence-corrected chi connectivity index (χ2v) is 4.85. The van der Waals surface area contributed by atoms with Crippen molar-refractivity contribution in [2.45, 2.75) is 0 Å². The zero-order chi connectivity index (χ0) is 15.1. The van der Waals surface area contributed by atoms with Crippen molar-refractivity contribution in [2.75, 3.05) is 21.0 Å². The van der Waals surface area contributed by atoms with E-state index in [4.69, 9.17) is 18.9 Å². The van der Waals surface area contributed by atoms with E-state index < -0.39 is 0 Å². The highest BCUT2D eigenvalue weighted by atomic mass is 16.7. The van der Waals surface area contributed by atoms with Crippen LogP contribution < -0.4 is 18.9 Å². The molecule has 0 amide bonds. The predicted molar refractivity (Wildman–Crippen MR) is 80.8 cm³/mol. The highest BCUT2D eigenvalue weighted by Crippen LogP contribution is 2.37. The Hall–Kier alpha value is -2.89. The normalized spacial score (nSPS) is 12.6. The molecule has 4 rings (SSSR count). The van der Waals surface area contributed by atoms with E-state index in [1.165, 1.54) is 0 Å². The van der Waals surface area contributed by atoms with Crippen molar-refractivity contribution in [3.8, 4) is 34.4 Å². The topological polar surface area (TPSA) is 65.6 Å². The van der Waals surface area contributed by atoms with Crippen LogP contribution in [-0.4, -0.2) is 31.0 Å². The number of hydrogen-bond acceptors (Lipinski definition) is 5. The van der Waals surface area contributed by atoms with Crippen LogP contribution in [0.1, 0.15) is 0 Å².